The number of anilines is 2. The Morgan fingerprint density at radius 3 is 2.27 bits per heavy atom. The number of fused-ring (bicyclic) bond motifs is 1. The summed E-state index contributed by atoms with van der Waals surface area (Å²) in [7, 11) is 1.77. The van der Waals surface area contributed by atoms with Crippen LogP contribution in [0.15, 0.2) is 91.0 Å². The van der Waals surface area contributed by atoms with E-state index in [0.717, 1.165) is 22.0 Å². The predicted molar refractivity (Wildman–Crippen MR) is 122 cm³/mol. The van der Waals surface area contributed by atoms with E-state index in [9.17, 15) is 9.59 Å². The van der Waals surface area contributed by atoms with Crippen LogP contribution in [0.3, 0.4) is 0 Å². The van der Waals surface area contributed by atoms with Gasteiger partial charge in [-0.05, 0) is 48.2 Å². The number of rotatable bonds is 4. The van der Waals surface area contributed by atoms with Gasteiger partial charge in [-0.15, -0.1) is 0 Å². The van der Waals surface area contributed by atoms with Gasteiger partial charge in [-0.1, -0.05) is 60.7 Å². The number of hydrogen-bond donors (Lipinski definition) is 1. The van der Waals surface area contributed by atoms with E-state index in [1.165, 1.54) is 0 Å². The lowest BCUT2D eigenvalue weighted by molar-refractivity contribution is 0.0990. The van der Waals surface area contributed by atoms with Gasteiger partial charge in [0.15, 0.2) is 0 Å². The van der Waals surface area contributed by atoms with Crippen molar-refractivity contribution in [3.8, 4) is 0 Å². The molecule has 0 heterocycles. The fourth-order valence-electron chi connectivity index (χ4n) is 3.48. The summed E-state index contributed by atoms with van der Waals surface area (Å²) in [5.74, 6) is -0.340. The molecule has 4 rings (SSSR count). The quantitative estimate of drug-likeness (QED) is 0.484. The molecule has 4 nitrogen and oxygen atoms in total. The molecule has 0 aliphatic carbocycles. The summed E-state index contributed by atoms with van der Waals surface area (Å²) in [5.41, 5.74) is 3.44. The Bertz CT molecular complexity index is 1230. The van der Waals surface area contributed by atoms with Crippen LogP contribution in [-0.2, 0) is 0 Å². The summed E-state index contributed by atoms with van der Waals surface area (Å²) in [6, 6.07) is 28.3. The van der Waals surface area contributed by atoms with E-state index < -0.39 is 0 Å². The molecule has 0 saturated carbocycles. The number of amides is 2. The van der Waals surface area contributed by atoms with Gasteiger partial charge < -0.3 is 10.2 Å². The molecule has 0 fully saturated rings. The first-order chi connectivity index (χ1) is 14.5. The Labute approximate surface area is 175 Å². The maximum Gasteiger partial charge on any atom is 0.258 e. The highest BCUT2D eigenvalue weighted by atomic mass is 16.2. The Balaban J connectivity index is 1.63. The molecule has 0 aliphatic rings. The highest BCUT2D eigenvalue weighted by molar-refractivity contribution is 6.11. The highest BCUT2D eigenvalue weighted by Crippen LogP contribution is 2.28. The van der Waals surface area contributed by atoms with Crippen molar-refractivity contribution >= 4 is 34.0 Å². The first-order valence-corrected chi connectivity index (χ1v) is 9.77. The van der Waals surface area contributed by atoms with Crippen LogP contribution in [0.25, 0.3) is 10.8 Å². The molecule has 0 atom stereocenters. The maximum absolute atomic E-state index is 13.2. The van der Waals surface area contributed by atoms with Crippen molar-refractivity contribution < 1.29 is 9.59 Å². The third kappa shape index (κ3) is 3.80. The SMILES string of the molecule is Cc1ccc(C(=O)N(C)c2cccc3ccccc23)cc1NC(=O)c1ccccc1. The van der Waals surface area contributed by atoms with E-state index >= 15 is 0 Å². The Kier molecular flexibility index (Phi) is 5.31. The molecule has 0 unspecified atom stereocenters. The fourth-order valence-corrected chi connectivity index (χ4v) is 3.48. The van der Waals surface area contributed by atoms with Crippen LogP contribution < -0.4 is 10.2 Å². The van der Waals surface area contributed by atoms with E-state index in [1.54, 1.807) is 36.2 Å². The summed E-state index contributed by atoms with van der Waals surface area (Å²) < 4.78 is 0. The zero-order valence-corrected chi connectivity index (χ0v) is 16.9. The average molecular weight is 394 g/mol. The molecule has 4 aromatic carbocycles. The zero-order chi connectivity index (χ0) is 21.1. The van der Waals surface area contributed by atoms with Gasteiger partial charge in [0.1, 0.15) is 0 Å². The Morgan fingerprint density at radius 2 is 1.47 bits per heavy atom. The van der Waals surface area contributed by atoms with Crippen molar-refractivity contribution in [1.29, 1.82) is 0 Å². The monoisotopic (exact) mass is 394 g/mol. The second-order valence-corrected chi connectivity index (χ2v) is 7.21. The number of nitrogens with one attached hydrogen (secondary N) is 1. The topological polar surface area (TPSA) is 49.4 Å². The van der Waals surface area contributed by atoms with Crippen molar-refractivity contribution in [2.75, 3.05) is 17.3 Å². The molecule has 4 heteroatoms. The lowest BCUT2D eigenvalue weighted by atomic mass is 10.1. The van der Waals surface area contributed by atoms with Crippen LogP contribution in [0.5, 0.6) is 0 Å². The number of benzene rings is 4. The van der Waals surface area contributed by atoms with Gasteiger partial charge in [-0.2, -0.15) is 0 Å². The molecule has 0 aliphatic heterocycles. The van der Waals surface area contributed by atoms with Crippen molar-refractivity contribution in [2.24, 2.45) is 0 Å². The lowest BCUT2D eigenvalue weighted by Crippen LogP contribution is -2.26. The highest BCUT2D eigenvalue weighted by Gasteiger charge is 2.17. The van der Waals surface area contributed by atoms with Gasteiger partial charge in [-0.3, -0.25) is 9.59 Å². The molecule has 2 amide bonds. The van der Waals surface area contributed by atoms with E-state index in [0.29, 0.717) is 16.8 Å². The van der Waals surface area contributed by atoms with Gasteiger partial charge in [0, 0.05) is 29.2 Å². The second-order valence-electron chi connectivity index (χ2n) is 7.21. The second kappa shape index (κ2) is 8.21. The van der Waals surface area contributed by atoms with Crippen LogP contribution >= 0.6 is 0 Å². The maximum atomic E-state index is 13.2. The molecule has 30 heavy (non-hydrogen) atoms. The van der Waals surface area contributed by atoms with E-state index in [1.807, 2.05) is 73.7 Å². The van der Waals surface area contributed by atoms with Crippen LogP contribution in [0.1, 0.15) is 26.3 Å². The minimum atomic E-state index is -0.203. The third-order valence-corrected chi connectivity index (χ3v) is 5.20. The first-order valence-electron chi connectivity index (χ1n) is 9.77. The van der Waals surface area contributed by atoms with Crippen molar-refractivity contribution in [2.45, 2.75) is 6.92 Å². The number of carbonyl (C=O) groups excluding carboxylic acids is 2. The Morgan fingerprint density at radius 1 is 0.767 bits per heavy atom. The molecule has 4 aromatic rings. The number of carbonyl (C=O) groups is 2. The number of aryl methyl sites for hydroxylation is 1. The fraction of sp³-hybridized carbons (Fsp3) is 0.0769. The van der Waals surface area contributed by atoms with Crippen molar-refractivity contribution in [1.82, 2.24) is 0 Å². The van der Waals surface area contributed by atoms with Crippen molar-refractivity contribution in [3.05, 3.63) is 108 Å². The normalized spacial score (nSPS) is 10.6. The molecule has 148 valence electrons. The summed E-state index contributed by atoms with van der Waals surface area (Å²) in [6.45, 7) is 1.91. The summed E-state index contributed by atoms with van der Waals surface area (Å²) in [5, 5.41) is 5.01. The number of hydrogen-bond acceptors (Lipinski definition) is 2. The van der Waals surface area contributed by atoms with E-state index in [4.69, 9.17) is 0 Å². The summed E-state index contributed by atoms with van der Waals surface area (Å²) >= 11 is 0. The van der Waals surface area contributed by atoms with Gasteiger partial charge in [0.2, 0.25) is 0 Å². The van der Waals surface area contributed by atoms with Crippen LogP contribution in [0.2, 0.25) is 0 Å². The van der Waals surface area contributed by atoms with Crippen molar-refractivity contribution in [3.63, 3.8) is 0 Å². The molecule has 0 saturated heterocycles. The van der Waals surface area contributed by atoms with Crippen LogP contribution in [-0.4, -0.2) is 18.9 Å². The average Bonchev–Trinajstić information content (AvgIpc) is 2.79. The predicted octanol–water partition coefficient (Wildman–Crippen LogP) is 5.68. The number of nitrogens with zero attached hydrogens (tertiary/aromatic N) is 1. The zero-order valence-electron chi connectivity index (χ0n) is 16.9. The van der Waals surface area contributed by atoms with Gasteiger partial charge in [-0.25, -0.2) is 0 Å². The largest absolute Gasteiger partial charge is 0.322 e. The van der Waals surface area contributed by atoms with Gasteiger partial charge in [0.05, 0.1) is 5.69 Å². The van der Waals surface area contributed by atoms with E-state index in [2.05, 4.69) is 5.32 Å². The van der Waals surface area contributed by atoms with Gasteiger partial charge in [0.25, 0.3) is 11.8 Å². The third-order valence-electron chi connectivity index (χ3n) is 5.20. The van der Waals surface area contributed by atoms with Gasteiger partial charge >= 0.3 is 0 Å². The molecule has 0 spiro atoms. The molecular weight excluding hydrogens is 372 g/mol. The standard InChI is InChI=1S/C26H22N2O2/c1-18-15-16-21(17-23(18)27-25(29)20-10-4-3-5-11-20)26(30)28(2)24-14-8-12-19-9-6-7-13-22(19)24/h3-17H,1-2H3,(H,27,29). The first kappa shape index (κ1) is 19.4. The Hall–Kier alpha value is -3.92. The lowest BCUT2D eigenvalue weighted by Gasteiger charge is -2.20. The molecule has 0 bridgehead atoms. The van der Waals surface area contributed by atoms with Crippen LogP contribution in [0, 0.1) is 6.92 Å². The van der Waals surface area contributed by atoms with Crippen LogP contribution in [0.4, 0.5) is 11.4 Å². The minimum absolute atomic E-state index is 0.137. The molecule has 0 aromatic heterocycles. The summed E-state index contributed by atoms with van der Waals surface area (Å²) in [6.07, 6.45) is 0. The molecule has 1 N–H and O–H groups in total. The smallest absolute Gasteiger partial charge is 0.258 e. The molecule has 0 radical (unpaired) electrons. The minimum Gasteiger partial charge on any atom is -0.322 e. The summed E-state index contributed by atoms with van der Waals surface area (Å²) in [4.78, 5) is 27.4. The van der Waals surface area contributed by atoms with E-state index in [-0.39, 0.29) is 11.8 Å². The molecular formula is C26H22N2O2.